The van der Waals surface area contributed by atoms with Gasteiger partial charge in [-0.15, -0.1) is 0 Å². The first kappa shape index (κ1) is 9.96. The molecule has 0 aliphatic carbocycles. The van der Waals surface area contributed by atoms with E-state index >= 15 is 0 Å². The number of anilines is 1. The van der Waals surface area contributed by atoms with Crippen molar-refractivity contribution in [3.63, 3.8) is 0 Å². The molecular formula is C11H16N4. The van der Waals surface area contributed by atoms with Crippen LogP contribution in [0.3, 0.4) is 0 Å². The average molecular weight is 204 g/mol. The Kier molecular flexibility index (Phi) is 2.34. The molecule has 0 amide bonds. The fourth-order valence-corrected chi connectivity index (χ4v) is 1.55. The van der Waals surface area contributed by atoms with E-state index in [-0.39, 0.29) is 0 Å². The number of aromatic nitrogens is 3. The second-order valence-electron chi connectivity index (χ2n) is 4.22. The molecule has 0 atom stereocenters. The molecule has 0 saturated carbocycles. The predicted octanol–water partition coefficient (Wildman–Crippen LogP) is 1.92. The lowest BCUT2D eigenvalue weighted by molar-refractivity contribution is 0.798. The fraction of sp³-hybridized carbons (Fsp3) is 0.455. The van der Waals surface area contributed by atoms with E-state index in [4.69, 9.17) is 0 Å². The molecule has 80 valence electrons. The highest BCUT2D eigenvalue weighted by atomic mass is 15.3. The van der Waals surface area contributed by atoms with Crippen molar-refractivity contribution in [3.8, 4) is 0 Å². The topological polar surface area (TPSA) is 33.4 Å². The lowest BCUT2D eigenvalue weighted by atomic mass is 10.1. The third kappa shape index (κ3) is 1.67. The molecule has 0 aliphatic rings. The Labute approximate surface area is 89.5 Å². The molecule has 0 fully saturated rings. The number of fused-ring (bicyclic) bond motifs is 1. The van der Waals surface area contributed by atoms with Crippen molar-refractivity contribution in [2.75, 3.05) is 19.0 Å². The summed E-state index contributed by atoms with van der Waals surface area (Å²) in [7, 11) is 4.04. The van der Waals surface area contributed by atoms with Gasteiger partial charge in [0.15, 0.2) is 0 Å². The number of nitrogens with zero attached hydrogens (tertiary/aromatic N) is 4. The predicted molar refractivity (Wildman–Crippen MR) is 61.4 cm³/mol. The summed E-state index contributed by atoms with van der Waals surface area (Å²) >= 11 is 0. The maximum absolute atomic E-state index is 4.36. The lowest BCUT2D eigenvalue weighted by Gasteiger charge is -2.10. The van der Waals surface area contributed by atoms with Gasteiger partial charge < -0.3 is 4.90 Å². The SMILES string of the molecule is CC(C)c1cc2c(N(C)C)cnn2cn1. The van der Waals surface area contributed by atoms with Crippen LogP contribution in [-0.4, -0.2) is 28.7 Å². The zero-order valence-corrected chi connectivity index (χ0v) is 9.60. The van der Waals surface area contributed by atoms with Gasteiger partial charge in [0.25, 0.3) is 0 Å². The Morgan fingerprint density at radius 2 is 2.07 bits per heavy atom. The van der Waals surface area contributed by atoms with Crippen molar-refractivity contribution in [1.82, 2.24) is 14.6 Å². The minimum atomic E-state index is 0.444. The molecule has 0 aromatic carbocycles. The lowest BCUT2D eigenvalue weighted by Crippen LogP contribution is -2.08. The summed E-state index contributed by atoms with van der Waals surface area (Å²) < 4.78 is 1.81. The Bertz CT molecular complexity index is 470. The molecule has 4 heteroatoms. The van der Waals surface area contributed by atoms with Crippen LogP contribution in [0.2, 0.25) is 0 Å². The molecule has 0 unspecified atom stereocenters. The second-order valence-corrected chi connectivity index (χ2v) is 4.22. The van der Waals surface area contributed by atoms with E-state index in [1.807, 2.05) is 20.3 Å². The van der Waals surface area contributed by atoms with E-state index < -0.39 is 0 Å². The van der Waals surface area contributed by atoms with Crippen LogP contribution in [0.15, 0.2) is 18.6 Å². The highest BCUT2D eigenvalue weighted by Crippen LogP contribution is 2.21. The third-order valence-corrected chi connectivity index (χ3v) is 2.49. The highest BCUT2D eigenvalue weighted by molar-refractivity contribution is 5.72. The van der Waals surface area contributed by atoms with Gasteiger partial charge in [-0.2, -0.15) is 5.10 Å². The van der Waals surface area contributed by atoms with Crippen LogP contribution in [0.1, 0.15) is 25.5 Å². The monoisotopic (exact) mass is 204 g/mol. The van der Waals surface area contributed by atoms with Gasteiger partial charge in [0, 0.05) is 19.8 Å². The molecule has 0 radical (unpaired) electrons. The van der Waals surface area contributed by atoms with Crippen LogP contribution in [0.25, 0.3) is 5.52 Å². The smallest absolute Gasteiger partial charge is 0.117 e. The zero-order valence-electron chi connectivity index (χ0n) is 9.60. The maximum Gasteiger partial charge on any atom is 0.117 e. The summed E-state index contributed by atoms with van der Waals surface area (Å²) in [6, 6.07) is 2.10. The number of rotatable bonds is 2. The van der Waals surface area contributed by atoms with Gasteiger partial charge in [0.1, 0.15) is 6.33 Å². The summed E-state index contributed by atoms with van der Waals surface area (Å²) in [5.41, 5.74) is 3.34. The third-order valence-electron chi connectivity index (χ3n) is 2.49. The van der Waals surface area contributed by atoms with E-state index in [1.54, 1.807) is 10.8 Å². The molecule has 2 aromatic heterocycles. The molecule has 2 heterocycles. The number of hydrogen-bond acceptors (Lipinski definition) is 3. The van der Waals surface area contributed by atoms with E-state index in [2.05, 4.69) is 34.9 Å². The van der Waals surface area contributed by atoms with Gasteiger partial charge in [0.2, 0.25) is 0 Å². The van der Waals surface area contributed by atoms with Gasteiger partial charge in [-0.1, -0.05) is 13.8 Å². The summed E-state index contributed by atoms with van der Waals surface area (Å²) in [5, 5.41) is 4.25. The minimum Gasteiger partial charge on any atom is -0.375 e. The molecule has 4 nitrogen and oxygen atoms in total. The normalized spacial score (nSPS) is 11.3. The molecule has 0 N–H and O–H groups in total. The van der Waals surface area contributed by atoms with Gasteiger partial charge in [-0.05, 0) is 12.0 Å². The Hall–Kier alpha value is -1.58. The molecule has 0 spiro atoms. The molecule has 0 aliphatic heterocycles. The average Bonchev–Trinajstić information content (AvgIpc) is 2.59. The van der Waals surface area contributed by atoms with E-state index in [0.29, 0.717) is 5.92 Å². The summed E-state index contributed by atoms with van der Waals surface area (Å²) in [6.45, 7) is 4.29. The van der Waals surface area contributed by atoms with Gasteiger partial charge >= 0.3 is 0 Å². The first-order valence-electron chi connectivity index (χ1n) is 5.10. The van der Waals surface area contributed by atoms with Crippen LogP contribution in [-0.2, 0) is 0 Å². The summed E-state index contributed by atoms with van der Waals surface area (Å²) in [5.74, 6) is 0.444. The van der Waals surface area contributed by atoms with Gasteiger partial charge in [-0.3, -0.25) is 0 Å². The second kappa shape index (κ2) is 3.53. The molecule has 0 bridgehead atoms. The maximum atomic E-state index is 4.36. The largest absolute Gasteiger partial charge is 0.375 e. The van der Waals surface area contributed by atoms with Crippen LogP contribution >= 0.6 is 0 Å². The van der Waals surface area contributed by atoms with Crippen molar-refractivity contribution in [2.45, 2.75) is 19.8 Å². The zero-order chi connectivity index (χ0) is 11.0. The minimum absolute atomic E-state index is 0.444. The molecule has 2 rings (SSSR count). The molecule has 15 heavy (non-hydrogen) atoms. The van der Waals surface area contributed by atoms with Crippen LogP contribution in [0, 0.1) is 0 Å². The van der Waals surface area contributed by atoms with Crippen LogP contribution < -0.4 is 4.90 Å². The first-order valence-corrected chi connectivity index (χ1v) is 5.10. The van der Waals surface area contributed by atoms with Crippen LogP contribution in [0.4, 0.5) is 5.69 Å². The Morgan fingerprint density at radius 1 is 1.33 bits per heavy atom. The van der Waals surface area contributed by atoms with E-state index in [9.17, 15) is 0 Å². The van der Waals surface area contributed by atoms with Gasteiger partial charge in [0.05, 0.1) is 17.4 Å². The van der Waals surface area contributed by atoms with Crippen LogP contribution in [0.5, 0.6) is 0 Å². The number of hydrogen-bond donors (Lipinski definition) is 0. The Morgan fingerprint density at radius 3 is 2.67 bits per heavy atom. The van der Waals surface area contributed by atoms with E-state index in [0.717, 1.165) is 16.9 Å². The quantitative estimate of drug-likeness (QED) is 0.749. The summed E-state index contributed by atoms with van der Waals surface area (Å²) in [4.78, 5) is 6.42. The Balaban J connectivity index is 2.61. The molecular weight excluding hydrogens is 188 g/mol. The standard InChI is InChI=1S/C11H16N4/c1-8(2)9-5-10-11(14(3)4)6-13-15(10)7-12-9/h5-8H,1-4H3. The van der Waals surface area contributed by atoms with Crippen molar-refractivity contribution >= 4 is 11.2 Å². The van der Waals surface area contributed by atoms with E-state index in [1.165, 1.54) is 0 Å². The van der Waals surface area contributed by atoms with Crippen molar-refractivity contribution < 1.29 is 0 Å². The van der Waals surface area contributed by atoms with Crippen molar-refractivity contribution in [2.24, 2.45) is 0 Å². The van der Waals surface area contributed by atoms with Gasteiger partial charge in [-0.25, -0.2) is 9.50 Å². The van der Waals surface area contributed by atoms with Crippen molar-refractivity contribution in [1.29, 1.82) is 0 Å². The first-order chi connectivity index (χ1) is 7.09. The molecule has 0 saturated heterocycles. The highest BCUT2D eigenvalue weighted by Gasteiger charge is 2.08. The summed E-state index contributed by atoms with van der Waals surface area (Å²) in [6.07, 6.45) is 3.64. The fourth-order valence-electron chi connectivity index (χ4n) is 1.55. The molecule has 2 aromatic rings. The van der Waals surface area contributed by atoms with Crippen molar-refractivity contribution in [3.05, 3.63) is 24.3 Å².